The molecule has 0 heterocycles. The van der Waals surface area contributed by atoms with Gasteiger partial charge in [-0.25, -0.2) is 0 Å². The van der Waals surface area contributed by atoms with E-state index in [1.165, 1.54) is 0 Å². The van der Waals surface area contributed by atoms with Crippen LogP contribution in [-0.2, 0) is 0 Å². The minimum Gasteiger partial charge on any atom is -0.496 e. The van der Waals surface area contributed by atoms with Gasteiger partial charge in [-0.2, -0.15) is 0 Å². The van der Waals surface area contributed by atoms with E-state index in [9.17, 15) is 0 Å². The van der Waals surface area contributed by atoms with E-state index in [1.54, 1.807) is 13.2 Å². The number of allylic oxidation sites excluding steroid dienone is 1. The van der Waals surface area contributed by atoms with Crippen LogP contribution in [0.25, 0.3) is 6.08 Å². The van der Waals surface area contributed by atoms with Crippen LogP contribution in [0.4, 0.5) is 0 Å². The molecule has 0 atom stereocenters. The zero-order valence-corrected chi connectivity index (χ0v) is 10.7. The molecule has 96 valence electrons. The van der Waals surface area contributed by atoms with Gasteiger partial charge in [-0.1, -0.05) is 53.7 Å². The number of nitrogens with zero attached hydrogens (tertiary/aromatic N) is 1. The SMILES string of the molecule is COc1ccccc1/C=C/C(=N/O)c1ccccc1. The van der Waals surface area contributed by atoms with Gasteiger partial charge in [0.25, 0.3) is 0 Å². The third-order valence-electron chi connectivity index (χ3n) is 2.74. The summed E-state index contributed by atoms with van der Waals surface area (Å²) >= 11 is 0. The highest BCUT2D eigenvalue weighted by molar-refractivity contribution is 6.10. The summed E-state index contributed by atoms with van der Waals surface area (Å²) in [5.74, 6) is 0.782. The summed E-state index contributed by atoms with van der Waals surface area (Å²) in [6.45, 7) is 0. The van der Waals surface area contributed by atoms with Crippen molar-refractivity contribution in [3.05, 3.63) is 71.8 Å². The van der Waals surface area contributed by atoms with Gasteiger partial charge in [0, 0.05) is 11.1 Å². The number of para-hydroxylation sites is 1. The molecule has 0 spiro atoms. The van der Waals surface area contributed by atoms with E-state index in [0.29, 0.717) is 5.71 Å². The van der Waals surface area contributed by atoms with Crippen molar-refractivity contribution in [2.45, 2.75) is 0 Å². The molecule has 0 aliphatic rings. The second-order valence-electron chi connectivity index (χ2n) is 3.93. The quantitative estimate of drug-likeness (QED) is 0.514. The fourth-order valence-corrected chi connectivity index (χ4v) is 1.77. The van der Waals surface area contributed by atoms with Crippen molar-refractivity contribution in [2.24, 2.45) is 5.16 Å². The molecular weight excluding hydrogens is 238 g/mol. The topological polar surface area (TPSA) is 41.8 Å². The number of hydrogen-bond donors (Lipinski definition) is 1. The molecule has 3 nitrogen and oxygen atoms in total. The highest BCUT2D eigenvalue weighted by Gasteiger charge is 2.01. The van der Waals surface area contributed by atoms with Crippen LogP contribution in [0.15, 0.2) is 65.8 Å². The molecule has 0 bridgehead atoms. The van der Waals surface area contributed by atoms with Gasteiger partial charge in [0.2, 0.25) is 0 Å². The van der Waals surface area contributed by atoms with Gasteiger partial charge in [0.05, 0.1) is 7.11 Å². The summed E-state index contributed by atoms with van der Waals surface area (Å²) in [5.41, 5.74) is 2.30. The van der Waals surface area contributed by atoms with Gasteiger partial charge in [0.1, 0.15) is 11.5 Å². The third-order valence-corrected chi connectivity index (χ3v) is 2.74. The van der Waals surface area contributed by atoms with Gasteiger partial charge >= 0.3 is 0 Å². The Bertz CT molecular complexity index is 589. The predicted octanol–water partition coefficient (Wildman–Crippen LogP) is 3.59. The van der Waals surface area contributed by atoms with Gasteiger partial charge < -0.3 is 9.94 Å². The first kappa shape index (κ1) is 12.9. The third kappa shape index (κ3) is 3.22. The summed E-state index contributed by atoms with van der Waals surface area (Å²) in [4.78, 5) is 0. The number of methoxy groups -OCH3 is 1. The fourth-order valence-electron chi connectivity index (χ4n) is 1.77. The molecule has 1 N–H and O–H groups in total. The minimum absolute atomic E-state index is 0.506. The molecule has 0 saturated heterocycles. The maximum Gasteiger partial charge on any atom is 0.126 e. The lowest BCUT2D eigenvalue weighted by Gasteiger charge is -2.03. The van der Waals surface area contributed by atoms with Crippen LogP contribution in [0.2, 0.25) is 0 Å². The molecular formula is C16H15NO2. The lowest BCUT2D eigenvalue weighted by Crippen LogP contribution is -1.96. The molecule has 0 aromatic heterocycles. The predicted molar refractivity (Wildman–Crippen MR) is 76.8 cm³/mol. The second-order valence-corrected chi connectivity index (χ2v) is 3.93. The Morgan fingerprint density at radius 2 is 1.74 bits per heavy atom. The zero-order valence-electron chi connectivity index (χ0n) is 10.7. The molecule has 0 amide bonds. The summed E-state index contributed by atoms with van der Waals surface area (Å²) in [7, 11) is 1.63. The summed E-state index contributed by atoms with van der Waals surface area (Å²) in [6.07, 6.45) is 3.62. The van der Waals surface area contributed by atoms with Crippen LogP contribution >= 0.6 is 0 Å². The Hall–Kier alpha value is -2.55. The standard InChI is InChI=1S/C16H15NO2/c1-19-16-10-6-5-9-14(16)11-12-15(17-18)13-7-3-2-4-8-13/h2-12,18H,1H3/b12-11+,17-15-. The molecule has 0 radical (unpaired) electrons. The zero-order chi connectivity index (χ0) is 13.5. The number of rotatable bonds is 4. The van der Waals surface area contributed by atoms with Crippen molar-refractivity contribution < 1.29 is 9.94 Å². The van der Waals surface area contributed by atoms with Crippen LogP contribution in [-0.4, -0.2) is 18.0 Å². The Kier molecular flexibility index (Phi) is 4.34. The van der Waals surface area contributed by atoms with E-state index in [0.717, 1.165) is 16.9 Å². The number of hydrogen-bond acceptors (Lipinski definition) is 3. The minimum atomic E-state index is 0.506. The first-order chi connectivity index (χ1) is 9.35. The van der Waals surface area contributed by atoms with E-state index >= 15 is 0 Å². The Morgan fingerprint density at radius 1 is 1.05 bits per heavy atom. The summed E-state index contributed by atoms with van der Waals surface area (Å²) < 4.78 is 5.26. The smallest absolute Gasteiger partial charge is 0.126 e. The lowest BCUT2D eigenvalue weighted by molar-refractivity contribution is 0.320. The highest BCUT2D eigenvalue weighted by Crippen LogP contribution is 2.19. The van der Waals surface area contributed by atoms with Crippen LogP contribution in [0.5, 0.6) is 5.75 Å². The molecule has 0 fully saturated rings. The largest absolute Gasteiger partial charge is 0.496 e. The van der Waals surface area contributed by atoms with Crippen LogP contribution in [0, 0.1) is 0 Å². The maximum absolute atomic E-state index is 9.09. The van der Waals surface area contributed by atoms with Crippen LogP contribution in [0.1, 0.15) is 11.1 Å². The molecule has 19 heavy (non-hydrogen) atoms. The number of benzene rings is 2. The Morgan fingerprint density at radius 3 is 2.42 bits per heavy atom. The number of oxime groups is 1. The van der Waals surface area contributed by atoms with E-state index in [-0.39, 0.29) is 0 Å². The molecule has 0 unspecified atom stereocenters. The molecule has 2 aromatic rings. The van der Waals surface area contributed by atoms with E-state index < -0.39 is 0 Å². The normalized spacial score (nSPS) is 11.7. The molecule has 2 aromatic carbocycles. The number of ether oxygens (including phenoxy) is 1. The molecule has 0 aliphatic heterocycles. The average Bonchev–Trinajstić information content (AvgIpc) is 2.49. The molecule has 3 heteroatoms. The van der Waals surface area contributed by atoms with Crippen LogP contribution < -0.4 is 4.74 Å². The summed E-state index contributed by atoms with van der Waals surface area (Å²) in [5, 5.41) is 12.4. The van der Waals surface area contributed by atoms with Crippen molar-refractivity contribution in [1.82, 2.24) is 0 Å². The van der Waals surface area contributed by atoms with Crippen molar-refractivity contribution in [1.29, 1.82) is 0 Å². The first-order valence-corrected chi connectivity index (χ1v) is 5.93. The van der Waals surface area contributed by atoms with Crippen LogP contribution in [0.3, 0.4) is 0 Å². The van der Waals surface area contributed by atoms with Gasteiger partial charge in [-0.05, 0) is 18.2 Å². The Balaban J connectivity index is 2.26. The molecule has 0 saturated carbocycles. The molecule has 2 rings (SSSR count). The van der Waals surface area contributed by atoms with Gasteiger partial charge in [0.15, 0.2) is 0 Å². The maximum atomic E-state index is 9.09. The summed E-state index contributed by atoms with van der Waals surface area (Å²) in [6, 6.07) is 17.2. The van der Waals surface area contributed by atoms with E-state index in [2.05, 4.69) is 5.16 Å². The van der Waals surface area contributed by atoms with Crippen molar-refractivity contribution >= 4 is 11.8 Å². The van der Waals surface area contributed by atoms with Gasteiger partial charge in [-0.15, -0.1) is 0 Å². The second kappa shape index (κ2) is 6.40. The lowest BCUT2D eigenvalue weighted by atomic mass is 10.1. The van der Waals surface area contributed by atoms with Crippen molar-refractivity contribution in [3.63, 3.8) is 0 Å². The monoisotopic (exact) mass is 253 g/mol. The van der Waals surface area contributed by atoms with Crippen molar-refractivity contribution in [2.75, 3.05) is 7.11 Å². The van der Waals surface area contributed by atoms with E-state index in [1.807, 2.05) is 60.7 Å². The van der Waals surface area contributed by atoms with Gasteiger partial charge in [-0.3, -0.25) is 0 Å². The average molecular weight is 253 g/mol. The first-order valence-electron chi connectivity index (χ1n) is 5.93. The van der Waals surface area contributed by atoms with Crippen molar-refractivity contribution in [3.8, 4) is 5.75 Å². The fraction of sp³-hybridized carbons (Fsp3) is 0.0625. The highest BCUT2D eigenvalue weighted by atomic mass is 16.5. The molecule has 0 aliphatic carbocycles. The Labute approximate surface area is 112 Å². The van der Waals surface area contributed by atoms with E-state index in [4.69, 9.17) is 9.94 Å².